The molecule has 0 bridgehead atoms. The SMILES string of the molecule is COc1ccc(S(=O)(=O)N[C@@H]2CC(=O)N(c3ccc(Cl)cc3)C2)cc1OC. The van der Waals surface area contributed by atoms with Gasteiger partial charge in [-0.2, -0.15) is 0 Å². The molecule has 2 aromatic carbocycles. The second-order valence-electron chi connectivity index (χ2n) is 6.02. The number of ether oxygens (including phenoxy) is 2. The van der Waals surface area contributed by atoms with Gasteiger partial charge in [0.25, 0.3) is 0 Å². The number of methoxy groups -OCH3 is 2. The molecule has 1 saturated heterocycles. The van der Waals surface area contributed by atoms with Crippen LogP contribution in [0.15, 0.2) is 47.4 Å². The van der Waals surface area contributed by atoms with E-state index < -0.39 is 16.1 Å². The molecule has 1 heterocycles. The van der Waals surface area contributed by atoms with E-state index in [1.807, 2.05) is 0 Å². The van der Waals surface area contributed by atoms with Gasteiger partial charge in [-0.3, -0.25) is 4.79 Å². The summed E-state index contributed by atoms with van der Waals surface area (Å²) in [4.78, 5) is 13.9. The molecule has 7 nitrogen and oxygen atoms in total. The average molecular weight is 411 g/mol. The van der Waals surface area contributed by atoms with E-state index in [4.69, 9.17) is 21.1 Å². The molecule has 0 spiro atoms. The first-order valence-corrected chi connectivity index (χ1v) is 10.0. The van der Waals surface area contributed by atoms with E-state index in [2.05, 4.69) is 4.72 Å². The predicted octanol–water partition coefficient (Wildman–Crippen LogP) is 2.44. The molecule has 3 rings (SSSR count). The fourth-order valence-electron chi connectivity index (χ4n) is 2.93. The Morgan fingerprint density at radius 1 is 1.07 bits per heavy atom. The fourth-order valence-corrected chi connectivity index (χ4v) is 4.30. The Bertz CT molecular complexity index is 947. The largest absolute Gasteiger partial charge is 0.493 e. The molecular weight excluding hydrogens is 392 g/mol. The normalized spacial score (nSPS) is 17.2. The average Bonchev–Trinajstić information content (AvgIpc) is 3.01. The van der Waals surface area contributed by atoms with Gasteiger partial charge in [-0.1, -0.05) is 11.6 Å². The van der Waals surface area contributed by atoms with E-state index >= 15 is 0 Å². The number of hydrogen-bond donors (Lipinski definition) is 1. The number of benzene rings is 2. The molecule has 0 radical (unpaired) electrons. The third kappa shape index (κ3) is 4.18. The summed E-state index contributed by atoms with van der Waals surface area (Å²) < 4.78 is 38.3. The first-order valence-electron chi connectivity index (χ1n) is 8.14. The number of nitrogens with zero attached hydrogens (tertiary/aromatic N) is 1. The zero-order valence-electron chi connectivity index (χ0n) is 14.8. The molecule has 0 saturated carbocycles. The lowest BCUT2D eigenvalue weighted by Crippen LogP contribution is -2.37. The molecular formula is C18H19ClN2O5S. The van der Waals surface area contributed by atoms with Gasteiger partial charge < -0.3 is 14.4 Å². The Balaban J connectivity index is 1.77. The van der Waals surface area contributed by atoms with Gasteiger partial charge in [0.2, 0.25) is 15.9 Å². The second kappa shape index (κ2) is 7.75. The van der Waals surface area contributed by atoms with Crippen LogP contribution in [0.5, 0.6) is 11.5 Å². The molecule has 27 heavy (non-hydrogen) atoms. The maximum atomic E-state index is 12.7. The van der Waals surface area contributed by atoms with Crippen LogP contribution in [-0.4, -0.2) is 41.1 Å². The smallest absolute Gasteiger partial charge is 0.241 e. The summed E-state index contributed by atoms with van der Waals surface area (Å²) in [7, 11) is -0.919. The third-order valence-electron chi connectivity index (χ3n) is 4.25. The molecule has 2 aromatic rings. The highest BCUT2D eigenvalue weighted by Crippen LogP contribution is 2.30. The van der Waals surface area contributed by atoms with Crippen LogP contribution in [0.3, 0.4) is 0 Å². The van der Waals surface area contributed by atoms with Crippen LogP contribution >= 0.6 is 11.6 Å². The summed E-state index contributed by atoms with van der Waals surface area (Å²) in [5.74, 6) is 0.587. The van der Waals surface area contributed by atoms with Gasteiger partial charge in [0.15, 0.2) is 11.5 Å². The minimum atomic E-state index is -3.82. The number of rotatable bonds is 6. The Labute approximate surface area is 162 Å². The number of hydrogen-bond acceptors (Lipinski definition) is 5. The van der Waals surface area contributed by atoms with Crippen molar-refractivity contribution in [1.82, 2.24) is 4.72 Å². The highest BCUT2D eigenvalue weighted by Gasteiger charge is 2.33. The maximum Gasteiger partial charge on any atom is 0.241 e. The lowest BCUT2D eigenvalue weighted by molar-refractivity contribution is -0.117. The van der Waals surface area contributed by atoms with E-state index in [1.54, 1.807) is 24.3 Å². The van der Waals surface area contributed by atoms with Crippen molar-refractivity contribution in [1.29, 1.82) is 0 Å². The molecule has 1 amide bonds. The van der Waals surface area contributed by atoms with Crippen molar-refractivity contribution in [2.24, 2.45) is 0 Å². The van der Waals surface area contributed by atoms with Crippen molar-refractivity contribution in [3.63, 3.8) is 0 Å². The number of anilines is 1. The summed E-state index contributed by atoms with van der Waals surface area (Å²) in [5, 5.41) is 0.566. The van der Waals surface area contributed by atoms with Crippen LogP contribution in [-0.2, 0) is 14.8 Å². The van der Waals surface area contributed by atoms with Crippen LogP contribution in [0.2, 0.25) is 5.02 Å². The monoisotopic (exact) mass is 410 g/mol. The minimum absolute atomic E-state index is 0.0394. The van der Waals surface area contributed by atoms with Gasteiger partial charge in [-0.05, 0) is 36.4 Å². The van der Waals surface area contributed by atoms with Crippen molar-refractivity contribution >= 4 is 33.2 Å². The second-order valence-corrected chi connectivity index (χ2v) is 8.17. The maximum absolute atomic E-state index is 12.7. The minimum Gasteiger partial charge on any atom is -0.493 e. The van der Waals surface area contributed by atoms with Crippen molar-refractivity contribution in [2.75, 3.05) is 25.7 Å². The van der Waals surface area contributed by atoms with E-state index in [-0.39, 0.29) is 23.8 Å². The molecule has 1 fully saturated rings. The third-order valence-corrected chi connectivity index (χ3v) is 6.02. The standard InChI is InChI=1S/C18H19ClN2O5S/c1-25-16-8-7-15(10-17(16)26-2)27(23,24)20-13-9-18(22)21(11-13)14-5-3-12(19)4-6-14/h3-8,10,13,20H,9,11H2,1-2H3/t13-/m1/s1. The fraction of sp³-hybridized carbons (Fsp3) is 0.278. The van der Waals surface area contributed by atoms with Gasteiger partial charge in [0.1, 0.15) is 0 Å². The van der Waals surface area contributed by atoms with E-state index in [0.29, 0.717) is 22.2 Å². The molecule has 1 atom stereocenters. The highest BCUT2D eigenvalue weighted by atomic mass is 35.5. The number of carbonyl (C=O) groups is 1. The lowest BCUT2D eigenvalue weighted by atomic mass is 10.3. The summed E-state index contributed by atoms with van der Waals surface area (Å²) >= 11 is 5.87. The Kier molecular flexibility index (Phi) is 5.59. The van der Waals surface area contributed by atoms with Gasteiger partial charge in [0, 0.05) is 35.8 Å². The lowest BCUT2D eigenvalue weighted by Gasteiger charge is -2.17. The van der Waals surface area contributed by atoms with Crippen molar-refractivity contribution in [3.05, 3.63) is 47.5 Å². The number of sulfonamides is 1. The van der Waals surface area contributed by atoms with Crippen LogP contribution < -0.4 is 19.1 Å². The molecule has 0 aromatic heterocycles. The zero-order chi connectivity index (χ0) is 19.6. The first-order chi connectivity index (χ1) is 12.8. The number of halogens is 1. The molecule has 1 aliphatic heterocycles. The molecule has 144 valence electrons. The molecule has 1 N–H and O–H groups in total. The van der Waals surface area contributed by atoms with E-state index in [9.17, 15) is 13.2 Å². The van der Waals surface area contributed by atoms with Crippen molar-refractivity contribution < 1.29 is 22.7 Å². The topological polar surface area (TPSA) is 84.9 Å². The van der Waals surface area contributed by atoms with E-state index in [1.165, 1.54) is 37.3 Å². The number of nitrogens with one attached hydrogen (secondary N) is 1. The van der Waals surface area contributed by atoms with Crippen molar-refractivity contribution in [3.8, 4) is 11.5 Å². The van der Waals surface area contributed by atoms with Gasteiger partial charge in [0.05, 0.1) is 19.1 Å². The van der Waals surface area contributed by atoms with Gasteiger partial charge in [-0.15, -0.1) is 0 Å². The molecule has 0 unspecified atom stereocenters. The van der Waals surface area contributed by atoms with Gasteiger partial charge >= 0.3 is 0 Å². The van der Waals surface area contributed by atoms with Gasteiger partial charge in [-0.25, -0.2) is 13.1 Å². The number of amides is 1. The summed E-state index contributed by atoms with van der Waals surface area (Å²) in [6.45, 7) is 0.243. The van der Waals surface area contributed by atoms with E-state index in [0.717, 1.165) is 0 Å². The van der Waals surface area contributed by atoms with Crippen LogP contribution in [0.4, 0.5) is 5.69 Å². The Morgan fingerprint density at radius 3 is 2.37 bits per heavy atom. The molecule has 1 aliphatic rings. The molecule has 9 heteroatoms. The Hall–Kier alpha value is -2.29. The summed E-state index contributed by atoms with van der Waals surface area (Å²) in [6.07, 6.45) is 0.0785. The zero-order valence-corrected chi connectivity index (χ0v) is 16.4. The first kappa shape index (κ1) is 19.5. The van der Waals surface area contributed by atoms with Crippen LogP contribution in [0.25, 0.3) is 0 Å². The quantitative estimate of drug-likeness (QED) is 0.790. The highest BCUT2D eigenvalue weighted by molar-refractivity contribution is 7.89. The van der Waals surface area contributed by atoms with Crippen molar-refractivity contribution in [2.45, 2.75) is 17.4 Å². The van der Waals surface area contributed by atoms with Crippen LogP contribution in [0.1, 0.15) is 6.42 Å². The molecule has 0 aliphatic carbocycles. The predicted molar refractivity (Wildman–Crippen MR) is 102 cm³/mol. The number of carbonyl (C=O) groups excluding carboxylic acids is 1. The summed E-state index contributed by atoms with van der Waals surface area (Å²) in [5.41, 5.74) is 0.678. The Morgan fingerprint density at radius 2 is 1.74 bits per heavy atom. The van der Waals surface area contributed by atoms with Crippen LogP contribution in [0, 0.1) is 0 Å². The summed E-state index contributed by atoms with van der Waals surface area (Å²) in [6, 6.07) is 10.6.